The quantitative estimate of drug-likeness (QED) is 0.457. The molecule has 0 radical (unpaired) electrons. The van der Waals surface area contributed by atoms with Crippen molar-refractivity contribution < 1.29 is 14.6 Å². The SMILES string of the molecule is CCNC(=NCCc1ccc(OC)cc1O)NC1CCN(c2ccccc2OC)C1. The highest BCUT2D eigenvalue weighted by Crippen LogP contribution is 2.30. The normalized spacial score (nSPS) is 16.4. The lowest BCUT2D eigenvalue weighted by Crippen LogP contribution is -2.44. The first-order chi connectivity index (χ1) is 14.6. The number of phenolic OH excluding ortho intramolecular Hbond substituents is 1. The van der Waals surface area contributed by atoms with Gasteiger partial charge in [0.2, 0.25) is 0 Å². The van der Waals surface area contributed by atoms with Crippen LogP contribution in [0.3, 0.4) is 0 Å². The molecule has 0 amide bonds. The van der Waals surface area contributed by atoms with Crippen LogP contribution in [0.1, 0.15) is 18.9 Å². The zero-order valence-electron chi connectivity index (χ0n) is 18.0. The van der Waals surface area contributed by atoms with Crippen molar-refractivity contribution in [3.8, 4) is 17.2 Å². The van der Waals surface area contributed by atoms with Gasteiger partial charge in [-0.2, -0.15) is 0 Å². The zero-order valence-corrected chi connectivity index (χ0v) is 18.0. The van der Waals surface area contributed by atoms with Crippen LogP contribution in [0.25, 0.3) is 0 Å². The average Bonchev–Trinajstić information content (AvgIpc) is 3.23. The summed E-state index contributed by atoms with van der Waals surface area (Å²) >= 11 is 0. The summed E-state index contributed by atoms with van der Waals surface area (Å²) in [6, 6.07) is 13.8. The van der Waals surface area contributed by atoms with Crippen LogP contribution in [0.5, 0.6) is 17.2 Å². The summed E-state index contributed by atoms with van der Waals surface area (Å²) in [6.07, 6.45) is 1.69. The molecule has 30 heavy (non-hydrogen) atoms. The highest BCUT2D eigenvalue weighted by atomic mass is 16.5. The van der Waals surface area contributed by atoms with Crippen LogP contribution in [0.15, 0.2) is 47.5 Å². The molecule has 1 fully saturated rings. The number of ether oxygens (including phenoxy) is 2. The molecule has 2 aromatic rings. The van der Waals surface area contributed by atoms with Gasteiger partial charge in [-0.05, 0) is 43.5 Å². The molecule has 3 rings (SSSR count). The molecule has 1 aliphatic rings. The van der Waals surface area contributed by atoms with Gasteiger partial charge in [-0.1, -0.05) is 18.2 Å². The molecule has 7 nitrogen and oxygen atoms in total. The van der Waals surface area contributed by atoms with Crippen molar-refractivity contribution >= 4 is 11.6 Å². The van der Waals surface area contributed by atoms with Crippen LogP contribution in [0, 0.1) is 0 Å². The number of methoxy groups -OCH3 is 2. The zero-order chi connectivity index (χ0) is 21.3. The second-order valence-electron chi connectivity index (χ2n) is 7.25. The van der Waals surface area contributed by atoms with Crippen molar-refractivity contribution in [3.63, 3.8) is 0 Å². The number of benzene rings is 2. The maximum absolute atomic E-state index is 10.1. The minimum absolute atomic E-state index is 0.241. The monoisotopic (exact) mass is 412 g/mol. The number of rotatable bonds is 8. The lowest BCUT2D eigenvalue weighted by Gasteiger charge is -2.22. The molecule has 0 saturated carbocycles. The standard InChI is InChI=1S/C23H32N4O3/c1-4-24-23(25-13-11-17-9-10-19(29-2)15-21(17)28)26-18-12-14-27(16-18)20-7-5-6-8-22(20)30-3/h5-10,15,18,28H,4,11-14,16H2,1-3H3,(H2,24,25,26). The highest BCUT2D eigenvalue weighted by molar-refractivity contribution is 5.80. The third kappa shape index (κ3) is 5.49. The van der Waals surface area contributed by atoms with E-state index in [4.69, 9.17) is 14.5 Å². The molecule has 0 spiro atoms. The molecule has 1 saturated heterocycles. The molecular formula is C23H32N4O3. The van der Waals surface area contributed by atoms with Crippen LogP contribution in [0.2, 0.25) is 0 Å². The molecule has 2 aromatic carbocycles. The summed E-state index contributed by atoms with van der Waals surface area (Å²) in [4.78, 5) is 7.04. The number of phenols is 1. The summed E-state index contributed by atoms with van der Waals surface area (Å²) in [6.45, 7) is 5.30. The first-order valence-electron chi connectivity index (χ1n) is 10.4. The van der Waals surface area contributed by atoms with Gasteiger partial charge in [-0.15, -0.1) is 0 Å². The second kappa shape index (κ2) is 10.6. The van der Waals surface area contributed by atoms with Gasteiger partial charge in [0.15, 0.2) is 5.96 Å². The molecule has 0 aromatic heterocycles. The van der Waals surface area contributed by atoms with E-state index in [1.165, 1.54) is 0 Å². The van der Waals surface area contributed by atoms with E-state index in [2.05, 4.69) is 28.5 Å². The van der Waals surface area contributed by atoms with E-state index in [0.29, 0.717) is 24.8 Å². The molecule has 1 unspecified atom stereocenters. The first kappa shape index (κ1) is 21.6. The van der Waals surface area contributed by atoms with Gasteiger partial charge in [0, 0.05) is 38.3 Å². The van der Waals surface area contributed by atoms with E-state index in [9.17, 15) is 5.11 Å². The van der Waals surface area contributed by atoms with Crippen molar-refractivity contribution in [1.82, 2.24) is 10.6 Å². The van der Waals surface area contributed by atoms with Gasteiger partial charge in [0.25, 0.3) is 0 Å². The van der Waals surface area contributed by atoms with Crippen LogP contribution in [-0.4, -0.2) is 57.5 Å². The van der Waals surface area contributed by atoms with Crippen LogP contribution < -0.4 is 25.0 Å². The number of aliphatic imine (C=N–C) groups is 1. The van der Waals surface area contributed by atoms with Crippen LogP contribution >= 0.6 is 0 Å². The molecule has 7 heteroatoms. The highest BCUT2D eigenvalue weighted by Gasteiger charge is 2.25. The topological polar surface area (TPSA) is 78.4 Å². The van der Waals surface area contributed by atoms with Gasteiger partial charge < -0.3 is 30.1 Å². The van der Waals surface area contributed by atoms with Crippen molar-refractivity contribution in [2.24, 2.45) is 4.99 Å². The van der Waals surface area contributed by atoms with E-state index in [1.807, 2.05) is 30.3 Å². The number of nitrogens with zero attached hydrogens (tertiary/aromatic N) is 2. The van der Waals surface area contributed by atoms with E-state index >= 15 is 0 Å². The minimum atomic E-state index is 0.241. The lowest BCUT2D eigenvalue weighted by atomic mass is 10.1. The Kier molecular flexibility index (Phi) is 7.65. The molecule has 162 valence electrons. The minimum Gasteiger partial charge on any atom is -0.508 e. The van der Waals surface area contributed by atoms with Crippen LogP contribution in [0.4, 0.5) is 5.69 Å². The molecule has 1 atom stereocenters. The molecule has 3 N–H and O–H groups in total. The third-order valence-corrected chi connectivity index (χ3v) is 5.24. The maximum Gasteiger partial charge on any atom is 0.191 e. The fraction of sp³-hybridized carbons (Fsp3) is 0.435. The number of hydrogen-bond donors (Lipinski definition) is 3. The Balaban J connectivity index is 1.57. The smallest absolute Gasteiger partial charge is 0.191 e. The Morgan fingerprint density at radius 2 is 2.03 bits per heavy atom. The van der Waals surface area contributed by atoms with E-state index in [0.717, 1.165) is 49.0 Å². The largest absolute Gasteiger partial charge is 0.508 e. The van der Waals surface area contributed by atoms with Crippen molar-refractivity contribution in [2.75, 3.05) is 45.3 Å². The predicted octanol–water partition coefficient (Wildman–Crippen LogP) is 2.79. The van der Waals surface area contributed by atoms with Gasteiger partial charge in [-0.25, -0.2) is 0 Å². The van der Waals surface area contributed by atoms with Gasteiger partial charge in [0.1, 0.15) is 17.2 Å². The van der Waals surface area contributed by atoms with Crippen LogP contribution in [-0.2, 0) is 6.42 Å². The fourth-order valence-electron chi connectivity index (χ4n) is 3.67. The summed E-state index contributed by atoms with van der Waals surface area (Å²) in [5.74, 6) is 2.59. The number of aromatic hydroxyl groups is 1. The maximum atomic E-state index is 10.1. The second-order valence-corrected chi connectivity index (χ2v) is 7.25. The Bertz CT molecular complexity index is 856. The molecule has 0 aliphatic carbocycles. The van der Waals surface area contributed by atoms with Crippen molar-refractivity contribution in [3.05, 3.63) is 48.0 Å². The van der Waals surface area contributed by atoms with E-state index < -0.39 is 0 Å². The Labute approximate surface area is 178 Å². The van der Waals surface area contributed by atoms with Gasteiger partial charge in [0.05, 0.1) is 19.9 Å². The number of nitrogens with one attached hydrogen (secondary N) is 2. The number of hydrogen-bond acceptors (Lipinski definition) is 5. The lowest BCUT2D eigenvalue weighted by molar-refractivity contribution is 0.406. The summed E-state index contributed by atoms with van der Waals surface area (Å²) in [7, 11) is 3.30. The summed E-state index contributed by atoms with van der Waals surface area (Å²) in [5, 5.41) is 17.0. The molecule has 1 aliphatic heterocycles. The number of anilines is 1. The summed E-state index contributed by atoms with van der Waals surface area (Å²) in [5.41, 5.74) is 1.99. The average molecular weight is 413 g/mol. The van der Waals surface area contributed by atoms with E-state index in [-0.39, 0.29) is 5.75 Å². The third-order valence-electron chi connectivity index (χ3n) is 5.24. The van der Waals surface area contributed by atoms with E-state index in [1.54, 1.807) is 20.3 Å². The van der Waals surface area contributed by atoms with Gasteiger partial charge >= 0.3 is 0 Å². The molecular weight excluding hydrogens is 380 g/mol. The Morgan fingerprint density at radius 3 is 2.77 bits per heavy atom. The summed E-state index contributed by atoms with van der Waals surface area (Å²) < 4.78 is 10.6. The molecule has 0 bridgehead atoms. The van der Waals surface area contributed by atoms with Crippen molar-refractivity contribution in [1.29, 1.82) is 0 Å². The Hall–Kier alpha value is -3.09. The first-order valence-corrected chi connectivity index (χ1v) is 10.4. The number of guanidine groups is 1. The Morgan fingerprint density at radius 1 is 1.20 bits per heavy atom. The fourth-order valence-corrected chi connectivity index (χ4v) is 3.67. The van der Waals surface area contributed by atoms with Crippen molar-refractivity contribution in [2.45, 2.75) is 25.8 Å². The van der Waals surface area contributed by atoms with Gasteiger partial charge in [-0.3, -0.25) is 4.99 Å². The molecule has 1 heterocycles. The number of para-hydroxylation sites is 2. The predicted molar refractivity (Wildman–Crippen MR) is 121 cm³/mol.